The Morgan fingerprint density at radius 3 is 2.70 bits per heavy atom. The molecule has 0 aromatic heterocycles. The van der Waals surface area contributed by atoms with E-state index in [0.29, 0.717) is 23.8 Å². The summed E-state index contributed by atoms with van der Waals surface area (Å²) in [5.74, 6) is 1.07. The fraction of sp³-hybridized carbons (Fsp3) is 0.316. The quantitative estimate of drug-likeness (QED) is 0.884. The van der Waals surface area contributed by atoms with Crippen molar-refractivity contribution in [1.82, 2.24) is 0 Å². The smallest absolute Gasteiger partial charge is 0.268 e. The first-order valence-electron chi connectivity index (χ1n) is 7.89. The highest BCUT2D eigenvalue weighted by Gasteiger charge is 2.32. The van der Waals surface area contributed by atoms with Crippen LogP contribution in [0.3, 0.4) is 0 Å². The van der Waals surface area contributed by atoms with Crippen molar-refractivity contribution < 1.29 is 9.53 Å². The van der Waals surface area contributed by atoms with Crippen LogP contribution < -0.4 is 15.4 Å². The van der Waals surface area contributed by atoms with Gasteiger partial charge in [-0.05, 0) is 35.2 Å². The molecule has 120 valence electrons. The monoisotopic (exact) mass is 310 g/mol. The summed E-state index contributed by atoms with van der Waals surface area (Å²) in [6.45, 7) is 4.32. The Morgan fingerprint density at radius 2 is 1.96 bits per heavy atom. The fourth-order valence-corrected chi connectivity index (χ4v) is 3.05. The zero-order valence-electron chi connectivity index (χ0n) is 13.7. The minimum Gasteiger partial charge on any atom is -0.478 e. The summed E-state index contributed by atoms with van der Waals surface area (Å²) in [5, 5.41) is 0. The van der Waals surface area contributed by atoms with Crippen LogP contribution in [0.25, 0.3) is 0 Å². The largest absolute Gasteiger partial charge is 0.478 e. The van der Waals surface area contributed by atoms with Crippen molar-refractivity contribution in [3.63, 3.8) is 0 Å². The van der Waals surface area contributed by atoms with Crippen LogP contribution in [-0.4, -0.2) is 19.1 Å². The van der Waals surface area contributed by atoms with Crippen molar-refractivity contribution in [2.75, 3.05) is 17.7 Å². The van der Waals surface area contributed by atoms with Crippen LogP contribution in [0.15, 0.2) is 42.5 Å². The van der Waals surface area contributed by atoms with Crippen molar-refractivity contribution in [2.24, 2.45) is 0 Å². The molecule has 4 heteroatoms. The van der Waals surface area contributed by atoms with Crippen molar-refractivity contribution >= 4 is 17.3 Å². The third-order valence-corrected chi connectivity index (χ3v) is 4.30. The van der Waals surface area contributed by atoms with Crippen LogP contribution in [0.5, 0.6) is 5.75 Å². The summed E-state index contributed by atoms with van der Waals surface area (Å²) in [6.07, 6.45) is 0.0671. The summed E-state index contributed by atoms with van der Waals surface area (Å²) in [4.78, 5) is 14.3. The first-order valence-corrected chi connectivity index (χ1v) is 7.89. The van der Waals surface area contributed by atoms with E-state index in [1.807, 2.05) is 18.2 Å². The fourth-order valence-electron chi connectivity index (χ4n) is 3.05. The molecule has 1 atom stereocenters. The molecule has 23 heavy (non-hydrogen) atoms. The molecule has 0 bridgehead atoms. The van der Waals surface area contributed by atoms with Gasteiger partial charge >= 0.3 is 0 Å². The maximum Gasteiger partial charge on any atom is 0.268 e. The Balaban J connectivity index is 1.91. The molecule has 1 aliphatic heterocycles. The average Bonchev–Trinajstić information content (AvgIpc) is 2.53. The van der Waals surface area contributed by atoms with Gasteiger partial charge < -0.3 is 15.4 Å². The van der Waals surface area contributed by atoms with Gasteiger partial charge in [0, 0.05) is 19.2 Å². The lowest BCUT2D eigenvalue weighted by Gasteiger charge is -2.32. The predicted molar refractivity (Wildman–Crippen MR) is 92.9 cm³/mol. The van der Waals surface area contributed by atoms with Crippen molar-refractivity contribution in [3.8, 4) is 5.75 Å². The number of hydrogen-bond donors (Lipinski definition) is 1. The standard InChI is InChI=1S/C19H22N2O2/c1-12(2)15-7-5-4-6-13(15)10-18-19(22)21(3)16-11-14(20)8-9-17(16)23-18/h4-9,11-12,18H,10,20H2,1-3H3. The number of rotatable bonds is 3. The van der Waals surface area contributed by atoms with Crippen LogP contribution in [0.2, 0.25) is 0 Å². The molecule has 0 aliphatic carbocycles. The van der Waals surface area contributed by atoms with E-state index in [1.165, 1.54) is 5.56 Å². The lowest BCUT2D eigenvalue weighted by molar-refractivity contribution is -0.125. The van der Waals surface area contributed by atoms with Gasteiger partial charge in [0.2, 0.25) is 0 Å². The highest BCUT2D eigenvalue weighted by molar-refractivity contribution is 6.00. The van der Waals surface area contributed by atoms with E-state index in [0.717, 1.165) is 11.3 Å². The number of carbonyl (C=O) groups excluding carboxylic acids is 1. The van der Waals surface area contributed by atoms with E-state index in [2.05, 4.69) is 26.0 Å². The number of anilines is 2. The predicted octanol–water partition coefficient (Wildman–Crippen LogP) is 3.36. The van der Waals surface area contributed by atoms with Gasteiger partial charge in [-0.3, -0.25) is 4.79 Å². The molecule has 1 aliphatic rings. The number of benzene rings is 2. The molecular formula is C19H22N2O2. The number of hydrogen-bond acceptors (Lipinski definition) is 3. The van der Waals surface area contributed by atoms with Crippen molar-refractivity contribution in [2.45, 2.75) is 32.3 Å². The second-order valence-electron chi connectivity index (χ2n) is 6.29. The molecule has 2 N–H and O–H groups in total. The second kappa shape index (κ2) is 5.95. The number of fused-ring (bicyclic) bond motifs is 1. The zero-order valence-corrected chi connectivity index (χ0v) is 13.7. The minimum absolute atomic E-state index is 0.0401. The molecular weight excluding hydrogens is 288 g/mol. The first-order chi connectivity index (χ1) is 11.0. The maximum absolute atomic E-state index is 12.6. The molecule has 2 aromatic carbocycles. The Hall–Kier alpha value is -2.49. The van der Waals surface area contributed by atoms with Crippen molar-refractivity contribution in [3.05, 3.63) is 53.6 Å². The molecule has 3 rings (SSSR count). The van der Waals surface area contributed by atoms with E-state index in [4.69, 9.17) is 10.5 Å². The Kier molecular flexibility index (Phi) is 3.99. The Labute approximate surface area is 136 Å². The van der Waals surface area contributed by atoms with Crippen LogP contribution in [0, 0.1) is 0 Å². The van der Waals surface area contributed by atoms with Crippen molar-refractivity contribution in [1.29, 1.82) is 0 Å². The van der Waals surface area contributed by atoms with Crippen LogP contribution in [-0.2, 0) is 11.2 Å². The van der Waals surface area contributed by atoms with Gasteiger partial charge in [-0.2, -0.15) is 0 Å². The van der Waals surface area contributed by atoms with E-state index >= 15 is 0 Å². The highest BCUT2D eigenvalue weighted by Crippen LogP contribution is 2.35. The number of amides is 1. The van der Waals surface area contributed by atoms with Crippen LogP contribution in [0.1, 0.15) is 30.9 Å². The second-order valence-corrected chi connectivity index (χ2v) is 6.29. The first kappa shape index (κ1) is 15.4. The third-order valence-electron chi connectivity index (χ3n) is 4.30. The molecule has 0 spiro atoms. The molecule has 0 saturated carbocycles. The molecule has 4 nitrogen and oxygen atoms in total. The van der Waals surface area contributed by atoms with Gasteiger partial charge in [0.25, 0.3) is 5.91 Å². The number of nitrogens with two attached hydrogens (primary N) is 1. The number of nitrogen functional groups attached to an aromatic ring is 1. The van der Waals surface area contributed by atoms with Gasteiger partial charge in [0.1, 0.15) is 5.75 Å². The number of nitrogens with zero attached hydrogens (tertiary/aromatic N) is 1. The van der Waals surface area contributed by atoms with Crippen LogP contribution in [0.4, 0.5) is 11.4 Å². The summed E-state index contributed by atoms with van der Waals surface area (Å²) < 4.78 is 5.96. The number of ether oxygens (including phenoxy) is 1. The van der Waals surface area contributed by atoms with Gasteiger partial charge in [-0.15, -0.1) is 0 Å². The summed E-state index contributed by atoms with van der Waals surface area (Å²) in [5.41, 5.74) is 9.57. The van der Waals surface area contributed by atoms with E-state index in [1.54, 1.807) is 24.1 Å². The SMILES string of the molecule is CC(C)c1ccccc1CC1Oc2ccc(N)cc2N(C)C1=O. The van der Waals surface area contributed by atoms with E-state index < -0.39 is 6.10 Å². The van der Waals surface area contributed by atoms with Gasteiger partial charge in [-0.1, -0.05) is 38.1 Å². The Bertz CT molecular complexity index is 740. The van der Waals surface area contributed by atoms with Gasteiger partial charge in [0.05, 0.1) is 5.69 Å². The summed E-state index contributed by atoms with van der Waals surface area (Å²) in [7, 11) is 1.77. The average molecular weight is 310 g/mol. The molecule has 1 amide bonds. The zero-order chi connectivity index (χ0) is 16.6. The summed E-state index contributed by atoms with van der Waals surface area (Å²) >= 11 is 0. The topological polar surface area (TPSA) is 55.6 Å². The van der Waals surface area contributed by atoms with Gasteiger partial charge in [0.15, 0.2) is 6.10 Å². The van der Waals surface area contributed by atoms with Crippen LogP contribution >= 0.6 is 0 Å². The normalized spacial score (nSPS) is 17.1. The maximum atomic E-state index is 12.6. The molecule has 0 fully saturated rings. The molecule has 2 aromatic rings. The lowest BCUT2D eigenvalue weighted by atomic mass is 9.93. The Morgan fingerprint density at radius 1 is 1.22 bits per heavy atom. The minimum atomic E-state index is -0.504. The molecule has 1 heterocycles. The third kappa shape index (κ3) is 2.89. The molecule has 0 radical (unpaired) electrons. The van der Waals surface area contributed by atoms with E-state index in [9.17, 15) is 4.79 Å². The highest BCUT2D eigenvalue weighted by atomic mass is 16.5. The lowest BCUT2D eigenvalue weighted by Crippen LogP contribution is -2.45. The molecule has 0 saturated heterocycles. The van der Waals surface area contributed by atoms with Gasteiger partial charge in [-0.25, -0.2) is 0 Å². The number of likely N-dealkylation sites (N-methyl/N-ethyl adjacent to an activating group) is 1. The molecule has 1 unspecified atom stereocenters. The number of carbonyl (C=O) groups is 1. The van der Waals surface area contributed by atoms with E-state index in [-0.39, 0.29) is 5.91 Å². The summed E-state index contributed by atoms with van der Waals surface area (Å²) in [6, 6.07) is 13.6.